The van der Waals surface area contributed by atoms with Crippen LogP contribution in [0.4, 0.5) is 0 Å². The van der Waals surface area contributed by atoms with Crippen molar-refractivity contribution < 1.29 is 28.5 Å². The molecule has 0 radical (unpaired) electrons. The number of hydrogen-bond acceptors (Lipinski definition) is 6. The van der Waals surface area contributed by atoms with E-state index < -0.39 is 0 Å². The van der Waals surface area contributed by atoms with Crippen molar-refractivity contribution in [3.05, 3.63) is 77.4 Å². The maximum atomic E-state index is 12.6. The summed E-state index contributed by atoms with van der Waals surface area (Å²) in [6.45, 7) is 0.879. The van der Waals surface area contributed by atoms with E-state index in [2.05, 4.69) is 5.32 Å². The highest BCUT2D eigenvalue weighted by atomic mass is 16.5. The minimum Gasteiger partial charge on any atom is -0.493 e. The summed E-state index contributed by atoms with van der Waals surface area (Å²) in [6.07, 6.45) is 0.864. The van der Waals surface area contributed by atoms with Gasteiger partial charge in [0.05, 0.1) is 34.9 Å². The third-order valence-electron chi connectivity index (χ3n) is 5.29. The Morgan fingerprint density at radius 3 is 1.94 bits per heavy atom. The first-order chi connectivity index (χ1) is 16.6. The zero-order valence-electron chi connectivity index (χ0n) is 20.1. The zero-order chi connectivity index (χ0) is 24.3. The van der Waals surface area contributed by atoms with E-state index in [1.807, 2.05) is 48.5 Å². The summed E-state index contributed by atoms with van der Waals surface area (Å²) in [5, 5.41) is 2.96. The fourth-order valence-corrected chi connectivity index (χ4v) is 3.54. The lowest BCUT2D eigenvalue weighted by Crippen LogP contribution is -2.27. The van der Waals surface area contributed by atoms with Gasteiger partial charge in [-0.3, -0.25) is 4.79 Å². The van der Waals surface area contributed by atoms with Gasteiger partial charge in [-0.1, -0.05) is 36.4 Å². The number of carbonyl (C=O) groups is 1. The number of ether oxygens (including phenoxy) is 5. The number of methoxy groups -OCH3 is 4. The fourth-order valence-electron chi connectivity index (χ4n) is 3.54. The van der Waals surface area contributed by atoms with Gasteiger partial charge in [0.15, 0.2) is 23.0 Å². The molecule has 0 saturated heterocycles. The summed E-state index contributed by atoms with van der Waals surface area (Å²) >= 11 is 0. The Hall–Kier alpha value is -3.87. The molecule has 0 spiro atoms. The standard InChI is InChI=1S/C27H31NO6/c1-30-22-11-10-19(14-23(22)31-2)12-13-28-26(29)17-21-15-24(32-3)27(25(16-21)33-4)34-18-20-8-6-5-7-9-20/h5-11,14-16H,12-13,17-18H2,1-4H3,(H,28,29). The average Bonchev–Trinajstić information content (AvgIpc) is 2.87. The van der Waals surface area contributed by atoms with Crippen LogP contribution in [0.15, 0.2) is 60.7 Å². The molecule has 3 rings (SSSR count). The van der Waals surface area contributed by atoms with Crippen molar-refractivity contribution in [3.63, 3.8) is 0 Å². The van der Waals surface area contributed by atoms with Crippen LogP contribution in [-0.2, 0) is 24.2 Å². The van der Waals surface area contributed by atoms with Gasteiger partial charge < -0.3 is 29.0 Å². The first-order valence-corrected chi connectivity index (χ1v) is 11.0. The van der Waals surface area contributed by atoms with Gasteiger partial charge in [0.2, 0.25) is 11.7 Å². The van der Waals surface area contributed by atoms with Crippen LogP contribution in [0.2, 0.25) is 0 Å². The molecule has 0 bridgehead atoms. The first-order valence-electron chi connectivity index (χ1n) is 11.0. The Bertz CT molecular complexity index is 1060. The van der Waals surface area contributed by atoms with Crippen molar-refractivity contribution in [2.24, 2.45) is 0 Å². The summed E-state index contributed by atoms with van der Waals surface area (Å²) in [5.41, 5.74) is 2.84. The molecule has 3 aromatic carbocycles. The molecule has 0 aliphatic heterocycles. The molecular formula is C27H31NO6. The maximum Gasteiger partial charge on any atom is 0.224 e. The molecule has 34 heavy (non-hydrogen) atoms. The highest BCUT2D eigenvalue weighted by molar-refractivity contribution is 5.79. The summed E-state index contributed by atoms with van der Waals surface area (Å²) in [5.74, 6) is 2.79. The smallest absolute Gasteiger partial charge is 0.224 e. The average molecular weight is 466 g/mol. The molecule has 1 amide bonds. The zero-order valence-corrected chi connectivity index (χ0v) is 20.1. The molecule has 7 heteroatoms. The van der Waals surface area contributed by atoms with Crippen LogP contribution in [-0.4, -0.2) is 40.9 Å². The lowest BCUT2D eigenvalue weighted by Gasteiger charge is -2.16. The van der Waals surface area contributed by atoms with Crippen molar-refractivity contribution in [2.75, 3.05) is 35.0 Å². The lowest BCUT2D eigenvalue weighted by atomic mass is 10.1. The Labute approximate surface area is 200 Å². The van der Waals surface area contributed by atoms with Gasteiger partial charge >= 0.3 is 0 Å². The van der Waals surface area contributed by atoms with Gasteiger partial charge in [0.1, 0.15) is 6.61 Å². The van der Waals surface area contributed by atoms with Crippen molar-refractivity contribution >= 4 is 5.91 Å². The van der Waals surface area contributed by atoms with Gasteiger partial charge in [-0.15, -0.1) is 0 Å². The van der Waals surface area contributed by atoms with Crippen LogP contribution in [0, 0.1) is 0 Å². The predicted octanol–water partition coefficient (Wildman–Crippen LogP) is 4.20. The highest BCUT2D eigenvalue weighted by Crippen LogP contribution is 2.39. The van der Waals surface area contributed by atoms with Gasteiger partial charge in [-0.25, -0.2) is 0 Å². The first kappa shape index (κ1) is 24.8. The number of rotatable bonds is 12. The second kappa shape index (κ2) is 12.4. The lowest BCUT2D eigenvalue weighted by molar-refractivity contribution is -0.120. The monoisotopic (exact) mass is 465 g/mol. The molecule has 0 unspecified atom stereocenters. The Morgan fingerprint density at radius 1 is 0.706 bits per heavy atom. The minimum absolute atomic E-state index is 0.0949. The molecule has 180 valence electrons. The highest BCUT2D eigenvalue weighted by Gasteiger charge is 2.16. The van der Waals surface area contributed by atoms with E-state index in [1.54, 1.807) is 40.6 Å². The Balaban J connectivity index is 1.60. The number of carbonyl (C=O) groups excluding carboxylic acids is 1. The number of benzene rings is 3. The second-order valence-corrected chi connectivity index (χ2v) is 7.57. The third-order valence-corrected chi connectivity index (χ3v) is 5.29. The minimum atomic E-state index is -0.0949. The fraction of sp³-hybridized carbons (Fsp3) is 0.296. The van der Waals surface area contributed by atoms with E-state index >= 15 is 0 Å². The van der Waals surface area contributed by atoms with Crippen molar-refractivity contribution in [1.82, 2.24) is 5.32 Å². The van der Waals surface area contributed by atoms with E-state index in [9.17, 15) is 4.79 Å². The molecule has 0 heterocycles. The van der Waals surface area contributed by atoms with E-state index in [-0.39, 0.29) is 12.3 Å². The normalized spacial score (nSPS) is 10.4. The summed E-state index contributed by atoms with van der Waals surface area (Å²) in [7, 11) is 6.34. The molecule has 0 saturated carbocycles. The third kappa shape index (κ3) is 6.57. The molecule has 0 fully saturated rings. The van der Waals surface area contributed by atoms with E-state index in [0.717, 1.165) is 16.7 Å². The second-order valence-electron chi connectivity index (χ2n) is 7.57. The van der Waals surface area contributed by atoms with Gasteiger partial charge in [-0.05, 0) is 47.4 Å². The summed E-state index contributed by atoms with van der Waals surface area (Å²) in [6, 6.07) is 19.2. The number of hydrogen-bond donors (Lipinski definition) is 1. The Kier molecular flexibility index (Phi) is 9.03. The van der Waals surface area contributed by atoms with Crippen LogP contribution in [0.3, 0.4) is 0 Å². The molecular weight excluding hydrogens is 434 g/mol. The molecule has 3 aromatic rings. The van der Waals surface area contributed by atoms with Crippen LogP contribution < -0.4 is 29.0 Å². The van der Waals surface area contributed by atoms with Crippen molar-refractivity contribution in [2.45, 2.75) is 19.4 Å². The SMILES string of the molecule is COc1ccc(CCNC(=O)Cc2cc(OC)c(OCc3ccccc3)c(OC)c2)cc1OC. The van der Waals surface area contributed by atoms with Crippen molar-refractivity contribution in [1.29, 1.82) is 0 Å². The number of nitrogens with one attached hydrogen (secondary N) is 1. The quantitative estimate of drug-likeness (QED) is 0.432. The van der Waals surface area contributed by atoms with Gasteiger partial charge in [-0.2, -0.15) is 0 Å². The van der Waals surface area contributed by atoms with Crippen LogP contribution in [0.25, 0.3) is 0 Å². The summed E-state index contributed by atoms with van der Waals surface area (Å²) in [4.78, 5) is 12.6. The predicted molar refractivity (Wildman–Crippen MR) is 130 cm³/mol. The molecule has 0 aromatic heterocycles. The van der Waals surface area contributed by atoms with Crippen LogP contribution in [0.1, 0.15) is 16.7 Å². The van der Waals surface area contributed by atoms with E-state index in [0.29, 0.717) is 48.3 Å². The topological polar surface area (TPSA) is 75.3 Å². The van der Waals surface area contributed by atoms with E-state index in [1.165, 1.54) is 0 Å². The number of amides is 1. The van der Waals surface area contributed by atoms with Gasteiger partial charge in [0, 0.05) is 6.54 Å². The van der Waals surface area contributed by atoms with Crippen molar-refractivity contribution in [3.8, 4) is 28.7 Å². The Morgan fingerprint density at radius 2 is 1.32 bits per heavy atom. The van der Waals surface area contributed by atoms with Gasteiger partial charge in [0.25, 0.3) is 0 Å². The molecule has 0 aliphatic carbocycles. The molecule has 0 atom stereocenters. The molecule has 7 nitrogen and oxygen atoms in total. The van der Waals surface area contributed by atoms with E-state index in [4.69, 9.17) is 23.7 Å². The van der Waals surface area contributed by atoms with Crippen LogP contribution in [0.5, 0.6) is 28.7 Å². The molecule has 1 N–H and O–H groups in total. The molecule has 0 aliphatic rings. The van der Waals surface area contributed by atoms with Crippen LogP contribution >= 0.6 is 0 Å². The summed E-state index contributed by atoms with van der Waals surface area (Å²) < 4.78 is 27.6. The maximum absolute atomic E-state index is 12.6. The largest absolute Gasteiger partial charge is 0.493 e.